The van der Waals surface area contributed by atoms with Gasteiger partial charge in [-0.15, -0.1) is 0 Å². The van der Waals surface area contributed by atoms with Gasteiger partial charge in [0.05, 0.1) is 11.8 Å². The summed E-state index contributed by atoms with van der Waals surface area (Å²) in [7, 11) is -3.07. The molecule has 5 heteroatoms. The Kier molecular flexibility index (Phi) is 16.8. The summed E-state index contributed by atoms with van der Waals surface area (Å²) in [6.45, 7) is 2.78. The molecule has 0 aromatic carbocycles. The first-order valence-electron chi connectivity index (χ1n) is 9.96. The van der Waals surface area contributed by atoms with Crippen molar-refractivity contribution in [2.75, 3.05) is 12.3 Å². The molecule has 0 aliphatic heterocycles. The highest BCUT2D eigenvalue weighted by atomic mass is 32.2. The number of nitrogens with zero attached hydrogens (tertiary/aromatic N) is 1. The molecule has 0 aliphatic rings. The minimum absolute atomic E-state index is 0.277. The highest BCUT2D eigenvalue weighted by Gasteiger charge is 2.08. The molecule has 0 fully saturated rings. The molecule has 0 aromatic heterocycles. The number of hydrogen-bond acceptors (Lipinski definition) is 3. The Morgan fingerprint density at radius 3 is 1.83 bits per heavy atom. The van der Waals surface area contributed by atoms with E-state index in [-0.39, 0.29) is 5.75 Å². The summed E-state index contributed by atoms with van der Waals surface area (Å²) in [6.07, 6.45) is 16.4. The molecule has 0 heterocycles. The Balaban J connectivity index is 3.37. The van der Waals surface area contributed by atoms with E-state index in [0.717, 1.165) is 51.4 Å². The van der Waals surface area contributed by atoms with Crippen LogP contribution in [0.25, 0.3) is 0 Å². The van der Waals surface area contributed by atoms with Gasteiger partial charge in [-0.2, -0.15) is 5.26 Å². The number of nitrogens with one attached hydrogen (secondary N) is 1. The maximum absolute atomic E-state index is 11.9. The van der Waals surface area contributed by atoms with Crippen molar-refractivity contribution in [3.05, 3.63) is 0 Å². The molecular weight excluding hydrogens is 320 g/mol. The molecule has 24 heavy (non-hydrogen) atoms. The highest BCUT2D eigenvalue weighted by Crippen LogP contribution is 2.09. The molecular formula is C19H38N2O2S. The van der Waals surface area contributed by atoms with Gasteiger partial charge < -0.3 is 0 Å². The Hall–Kier alpha value is -0.600. The summed E-state index contributed by atoms with van der Waals surface area (Å²) in [6, 6.07) is 2.16. The van der Waals surface area contributed by atoms with E-state index in [1.807, 2.05) is 0 Å². The number of sulfonamides is 1. The largest absolute Gasteiger partial charge is 0.215 e. The van der Waals surface area contributed by atoms with E-state index >= 15 is 0 Å². The van der Waals surface area contributed by atoms with E-state index in [2.05, 4.69) is 17.7 Å². The lowest BCUT2D eigenvalue weighted by molar-refractivity contribution is 0.555. The van der Waals surface area contributed by atoms with Crippen molar-refractivity contribution in [1.82, 2.24) is 4.72 Å². The van der Waals surface area contributed by atoms with Crippen LogP contribution in [0.2, 0.25) is 0 Å². The summed E-state index contributed by atoms with van der Waals surface area (Å²) in [5.41, 5.74) is 0. The van der Waals surface area contributed by atoms with E-state index in [0.29, 0.717) is 13.0 Å². The minimum Gasteiger partial charge on any atom is -0.215 e. The molecule has 0 atom stereocenters. The lowest BCUT2D eigenvalue weighted by atomic mass is 10.1. The summed E-state index contributed by atoms with van der Waals surface area (Å²) < 4.78 is 26.5. The molecule has 0 spiro atoms. The van der Waals surface area contributed by atoms with Gasteiger partial charge in [-0.1, -0.05) is 77.6 Å². The zero-order valence-electron chi connectivity index (χ0n) is 15.7. The molecule has 0 rings (SSSR count). The number of nitriles is 1. The fourth-order valence-corrected chi connectivity index (χ4v) is 3.95. The van der Waals surface area contributed by atoms with Crippen molar-refractivity contribution in [2.45, 2.75) is 103 Å². The summed E-state index contributed by atoms with van der Waals surface area (Å²) in [4.78, 5) is 0. The quantitative estimate of drug-likeness (QED) is 0.338. The van der Waals surface area contributed by atoms with Crippen LogP contribution in [0, 0.1) is 11.3 Å². The van der Waals surface area contributed by atoms with E-state index in [9.17, 15) is 8.42 Å². The minimum atomic E-state index is -3.07. The molecule has 0 aromatic rings. The topological polar surface area (TPSA) is 70.0 Å². The third-order valence-electron chi connectivity index (χ3n) is 4.30. The molecule has 0 bridgehead atoms. The van der Waals surface area contributed by atoms with Crippen molar-refractivity contribution >= 4 is 10.0 Å². The fourth-order valence-electron chi connectivity index (χ4n) is 2.76. The van der Waals surface area contributed by atoms with Crippen LogP contribution in [0.5, 0.6) is 0 Å². The van der Waals surface area contributed by atoms with Gasteiger partial charge >= 0.3 is 0 Å². The third-order valence-corrected chi connectivity index (χ3v) is 5.77. The first kappa shape index (κ1) is 23.4. The second-order valence-corrected chi connectivity index (χ2v) is 8.64. The van der Waals surface area contributed by atoms with Crippen molar-refractivity contribution < 1.29 is 8.42 Å². The van der Waals surface area contributed by atoms with Crippen molar-refractivity contribution in [3.63, 3.8) is 0 Å². The summed E-state index contributed by atoms with van der Waals surface area (Å²) in [5.74, 6) is 0.277. The Morgan fingerprint density at radius 2 is 1.25 bits per heavy atom. The Labute approximate surface area is 150 Å². The third kappa shape index (κ3) is 17.7. The average Bonchev–Trinajstić information content (AvgIpc) is 2.55. The van der Waals surface area contributed by atoms with Crippen LogP contribution in [0.3, 0.4) is 0 Å². The molecule has 4 nitrogen and oxygen atoms in total. The van der Waals surface area contributed by atoms with E-state index in [1.54, 1.807) is 0 Å². The van der Waals surface area contributed by atoms with Gasteiger partial charge in [-0.05, 0) is 19.3 Å². The lowest BCUT2D eigenvalue weighted by Crippen LogP contribution is -2.27. The van der Waals surface area contributed by atoms with E-state index in [1.165, 1.54) is 38.5 Å². The standard InChI is InChI=1S/C19H38N2O2S/c1-2-3-4-5-10-13-16-19-24(22,23)21-18-15-12-9-7-6-8-11-14-17-20/h21H,2-16,18-19H2,1H3. The van der Waals surface area contributed by atoms with Gasteiger partial charge in [0, 0.05) is 13.0 Å². The van der Waals surface area contributed by atoms with Gasteiger partial charge in [-0.25, -0.2) is 13.1 Å². The van der Waals surface area contributed by atoms with Gasteiger partial charge in [-0.3, -0.25) is 0 Å². The first-order valence-corrected chi connectivity index (χ1v) is 11.6. The van der Waals surface area contributed by atoms with Crippen LogP contribution in [0.1, 0.15) is 103 Å². The van der Waals surface area contributed by atoms with Crippen molar-refractivity contribution in [3.8, 4) is 6.07 Å². The lowest BCUT2D eigenvalue weighted by Gasteiger charge is -2.07. The van der Waals surface area contributed by atoms with Crippen LogP contribution in [-0.4, -0.2) is 20.7 Å². The van der Waals surface area contributed by atoms with Crippen LogP contribution in [0.15, 0.2) is 0 Å². The Morgan fingerprint density at radius 1 is 0.750 bits per heavy atom. The molecule has 0 saturated heterocycles. The number of unbranched alkanes of at least 4 members (excludes halogenated alkanes) is 13. The summed E-state index contributed by atoms with van der Waals surface area (Å²) >= 11 is 0. The molecule has 1 N–H and O–H groups in total. The number of hydrogen-bond donors (Lipinski definition) is 1. The first-order chi connectivity index (χ1) is 11.6. The molecule has 0 unspecified atom stereocenters. The normalized spacial score (nSPS) is 11.5. The molecule has 0 saturated carbocycles. The molecule has 0 radical (unpaired) electrons. The van der Waals surface area contributed by atoms with Crippen LogP contribution < -0.4 is 4.72 Å². The van der Waals surface area contributed by atoms with Gasteiger partial charge in [0.15, 0.2) is 0 Å². The number of rotatable bonds is 18. The van der Waals surface area contributed by atoms with Crippen LogP contribution in [-0.2, 0) is 10.0 Å². The maximum Gasteiger partial charge on any atom is 0.211 e. The highest BCUT2D eigenvalue weighted by molar-refractivity contribution is 7.89. The van der Waals surface area contributed by atoms with Crippen LogP contribution in [0.4, 0.5) is 0 Å². The van der Waals surface area contributed by atoms with Gasteiger partial charge in [0.1, 0.15) is 0 Å². The second kappa shape index (κ2) is 17.2. The molecule has 142 valence electrons. The maximum atomic E-state index is 11.9. The molecule has 0 amide bonds. The van der Waals surface area contributed by atoms with E-state index < -0.39 is 10.0 Å². The van der Waals surface area contributed by atoms with Gasteiger partial charge in [0.25, 0.3) is 0 Å². The predicted octanol–water partition coefficient (Wildman–Crippen LogP) is 5.30. The van der Waals surface area contributed by atoms with Gasteiger partial charge in [0.2, 0.25) is 10.0 Å². The Bertz CT molecular complexity index is 402. The zero-order valence-corrected chi connectivity index (χ0v) is 16.5. The predicted molar refractivity (Wildman–Crippen MR) is 102 cm³/mol. The summed E-state index contributed by atoms with van der Waals surface area (Å²) in [5, 5.41) is 8.44. The average molecular weight is 359 g/mol. The smallest absolute Gasteiger partial charge is 0.211 e. The van der Waals surface area contributed by atoms with Crippen molar-refractivity contribution in [1.29, 1.82) is 5.26 Å². The van der Waals surface area contributed by atoms with Crippen LogP contribution >= 0.6 is 0 Å². The fraction of sp³-hybridized carbons (Fsp3) is 0.947. The SMILES string of the molecule is CCCCCCCCCS(=O)(=O)NCCCCCCCCCC#N. The van der Waals surface area contributed by atoms with E-state index in [4.69, 9.17) is 5.26 Å². The monoisotopic (exact) mass is 358 g/mol. The second-order valence-electron chi connectivity index (χ2n) is 6.72. The van der Waals surface area contributed by atoms with Crippen molar-refractivity contribution in [2.24, 2.45) is 0 Å². The molecule has 0 aliphatic carbocycles. The zero-order chi connectivity index (χ0) is 17.9.